The third kappa shape index (κ3) is 4.45. The number of carbonyl (C=O) groups is 1. The molecule has 0 aliphatic heterocycles. The van der Waals surface area contributed by atoms with Crippen molar-refractivity contribution < 1.29 is 27.0 Å². The molecule has 0 aromatic rings. The summed E-state index contributed by atoms with van der Waals surface area (Å²) in [6.07, 6.45) is 0. The normalized spacial score (nSPS) is 12.4. The Morgan fingerprint density at radius 1 is 1.56 bits per heavy atom. The average molecular weight is 181 g/mol. The first-order valence-electron chi connectivity index (χ1n) is 2.54. The van der Waals surface area contributed by atoms with Crippen molar-refractivity contribution >= 4 is 5.97 Å². The standard InChI is InChI=1S/C5H11NO2.Cu/c1-3(2)4(6)5(7)8;/h3-4H,6H2,1-2H3,(H,7,8);. The average Bonchev–Trinajstić information content (AvgIpc) is 1.64. The molecule has 0 fully saturated rings. The second kappa shape index (κ2) is 4.79. The van der Waals surface area contributed by atoms with Gasteiger partial charge in [-0.2, -0.15) is 0 Å². The van der Waals surface area contributed by atoms with Crippen molar-refractivity contribution in [3.05, 3.63) is 0 Å². The minimum atomic E-state index is -0.931. The largest absolute Gasteiger partial charge is 0.480 e. The van der Waals surface area contributed by atoms with Crippen molar-refractivity contribution in [2.75, 3.05) is 0 Å². The molecule has 9 heavy (non-hydrogen) atoms. The Hall–Kier alpha value is -0.0505. The van der Waals surface area contributed by atoms with Crippen LogP contribution in [0.25, 0.3) is 0 Å². The van der Waals surface area contributed by atoms with E-state index in [-0.39, 0.29) is 23.0 Å². The van der Waals surface area contributed by atoms with Crippen LogP contribution in [0.1, 0.15) is 13.8 Å². The maximum atomic E-state index is 10.0. The SMILES string of the molecule is CC(C)C(N)C(=O)O.[Cu]. The predicted octanol–water partition coefficient (Wildman–Crippen LogP) is 0.0518. The third-order valence-electron chi connectivity index (χ3n) is 1.00. The molecule has 3 nitrogen and oxygen atoms in total. The van der Waals surface area contributed by atoms with Gasteiger partial charge in [0, 0.05) is 17.1 Å². The van der Waals surface area contributed by atoms with Gasteiger partial charge in [-0.25, -0.2) is 0 Å². The molecule has 0 saturated carbocycles. The molecule has 0 aliphatic rings. The fourth-order valence-electron chi connectivity index (χ4n) is 0.285. The smallest absolute Gasteiger partial charge is 0.320 e. The first-order valence-corrected chi connectivity index (χ1v) is 2.54. The number of hydrogen-bond donors (Lipinski definition) is 2. The van der Waals surface area contributed by atoms with E-state index in [0.29, 0.717) is 0 Å². The molecule has 0 heterocycles. The van der Waals surface area contributed by atoms with Crippen LogP contribution >= 0.6 is 0 Å². The summed E-state index contributed by atoms with van der Waals surface area (Å²) in [5.74, 6) is -0.910. The van der Waals surface area contributed by atoms with E-state index in [4.69, 9.17) is 10.8 Å². The first-order chi connectivity index (χ1) is 3.55. The van der Waals surface area contributed by atoms with Crippen LogP contribution in [0.5, 0.6) is 0 Å². The molecule has 0 amide bonds. The summed E-state index contributed by atoms with van der Waals surface area (Å²) < 4.78 is 0. The number of rotatable bonds is 2. The summed E-state index contributed by atoms with van der Waals surface area (Å²) in [4.78, 5) is 10.0. The van der Waals surface area contributed by atoms with Crippen molar-refractivity contribution in [2.45, 2.75) is 19.9 Å². The van der Waals surface area contributed by atoms with Gasteiger partial charge < -0.3 is 10.8 Å². The number of carboxylic acids is 1. The topological polar surface area (TPSA) is 63.3 Å². The summed E-state index contributed by atoms with van der Waals surface area (Å²) in [6.45, 7) is 3.55. The van der Waals surface area contributed by atoms with Crippen molar-refractivity contribution in [2.24, 2.45) is 11.7 Å². The molecular formula is C5H11CuNO2. The summed E-state index contributed by atoms with van der Waals surface area (Å²) in [5.41, 5.74) is 5.16. The number of hydrogen-bond acceptors (Lipinski definition) is 2. The first kappa shape index (κ1) is 11.7. The Morgan fingerprint density at radius 3 is 1.89 bits per heavy atom. The van der Waals surface area contributed by atoms with E-state index < -0.39 is 12.0 Å². The van der Waals surface area contributed by atoms with Crippen LogP contribution in [-0.2, 0) is 21.9 Å². The Labute approximate surface area is 65.1 Å². The zero-order valence-electron chi connectivity index (χ0n) is 5.39. The number of carboxylic acid groups (broad SMARTS) is 1. The molecule has 0 aromatic heterocycles. The van der Waals surface area contributed by atoms with Crippen LogP contribution in [0.15, 0.2) is 0 Å². The molecule has 4 heteroatoms. The van der Waals surface area contributed by atoms with Crippen LogP contribution in [-0.4, -0.2) is 17.1 Å². The quantitative estimate of drug-likeness (QED) is 0.591. The Balaban J connectivity index is 0. The van der Waals surface area contributed by atoms with Gasteiger partial charge >= 0.3 is 5.97 Å². The van der Waals surface area contributed by atoms with E-state index in [0.717, 1.165) is 0 Å². The fourth-order valence-corrected chi connectivity index (χ4v) is 0.285. The second-order valence-corrected chi connectivity index (χ2v) is 2.11. The summed E-state index contributed by atoms with van der Waals surface area (Å²) >= 11 is 0. The minimum absolute atomic E-state index is 0. The maximum Gasteiger partial charge on any atom is 0.320 e. The molecule has 0 bridgehead atoms. The Morgan fingerprint density at radius 2 is 1.89 bits per heavy atom. The summed E-state index contributed by atoms with van der Waals surface area (Å²) in [6, 6.07) is -0.713. The van der Waals surface area contributed by atoms with E-state index in [2.05, 4.69) is 0 Å². The van der Waals surface area contributed by atoms with Gasteiger partial charge in [0.15, 0.2) is 0 Å². The van der Waals surface area contributed by atoms with Crippen molar-refractivity contribution in [3.8, 4) is 0 Å². The fraction of sp³-hybridized carbons (Fsp3) is 0.800. The molecule has 3 N–H and O–H groups in total. The van der Waals surface area contributed by atoms with Crippen LogP contribution in [0, 0.1) is 5.92 Å². The van der Waals surface area contributed by atoms with Crippen LogP contribution in [0.4, 0.5) is 0 Å². The third-order valence-corrected chi connectivity index (χ3v) is 1.00. The van der Waals surface area contributed by atoms with Crippen molar-refractivity contribution in [1.29, 1.82) is 0 Å². The van der Waals surface area contributed by atoms with E-state index in [1.54, 1.807) is 13.8 Å². The number of aliphatic carboxylic acids is 1. The zero-order chi connectivity index (χ0) is 6.73. The molecule has 0 saturated heterocycles. The summed E-state index contributed by atoms with van der Waals surface area (Å²) in [7, 11) is 0. The van der Waals surface area contributed by atoms with Crippen LogP contribution in [0.3, 0.4) is 0 Å². The van der Waals surface area contributed by atoms with E-state index in [1.165, 1.54) is 0 Å². The summed E-state index contributed by atoms with van der Waals surface area (Å²) in [5, 5.41) is 8.23. The van der Waals surface area contributed by atoms with Crippen LogP contribution in [0.2, 0.25) is 0 Å². The van der Waals surface area contributed by atoms with Gasteiger partial charge in [0.2, 0.25) is 0 Å². The molecule has 0 spiro atoms. The maximum absolute atomic E-state index is 10.0. The molecule has 0 rings (SSSR count). The molecule has 1 atom stereocenters. The van der Waals surface area contributed by atoms with Crippen molar-refractivity contribution in [3.63, 3.8) is 0 Å². The molecule has 1 unspecified atom stereocenters. The number of nitrogens with two attached hydrogens (primary N) is 1. The Bertz CT molecular complexity index is 95.0. The van der Waals surface area contributed by atoms with Gasteiger partial charge in [0.1, 0.15) is 6.04 Å². The zero-order valence-corrected chi connectivity index (χ0v) is 6.33. The van der Waals surface area contributed by atoms with Crippen LogP contribution < -0.4 is 5.73 Å². The van der Waals surface area contributed by atoms with E-state index in [1.807, 2.05) is 0 Å². The van der Waals surface area contributed by atoms with Gasteiger partial charge in [-0.3, -0.25) is 4.79 Å². The van der Waals surface area contributed by atoms with Gasteiger partial charge in [0.25, 0.3) is 0 Å². The van der Waals surface area contributed by atoms with Gasteiger partial charge in [0.05, 0.1) is 0 Å². The van der Waals surface area contributed by atoms with Gasteiger partial charge in [-0.15, -0.1) is 0 Å². The Kier molecular flexibility index (Phi) is 6.24. The molecule has 0 aromatic carbocycles. The molecule has 59 valence electrons. The minimum Gasteiger partial charge on any atom is -0.480 e. The molecule has 0 aliphatic carbocycles. The van der Waals surface area contributed by atoms with Gasteiger partial charge in [-0.05, 0) is 5.92 Å². The van der Waals surface area contributed by atoms with Crippen molar-refractivity contribution in [1.82, 2.24) is 0 Å². The van der Waals surface area contributed by atoms with Gasteiger partial charge in [-0.1, -0.05) is 13.8 Å². The van der Waals surface area contributed by atoms with E-state index in [9.17, 15) is 4.79 Å². The second-order valence-electron chi connectivity index (χ2n) is 2.11. The molecular weight excluding hydrogens is 170 g/mol. The van der Waals surface area contributed by atoms with E-state index >= 15 is 0 Å². The monoisotopic (exact) mass is 180 g/mol. The molecule has 1 radical (unpaired) electrons. The predicted molar refractivity (Wildman–Crippen MR) is 30.4 cm³/mol.